The van der Waals surface area contributed by atoms with Gasteiger partial charge in [0, 0.05) is 6.54 Å². The molecule has 1 aromatic rings. The lowest BCUT2D eigenvalue weighted by atomic mass is 10.2. The van der Waals surface area contributed by atoms with Crippen LogP contribution in [0.3, 0.4) is 0 Å². The molecule has 0 aliphatic heterocycles. The van der Waals surface area contributed by atoms with Crippen molar-refractivity contribution in [3.63, 3.8) is 0 Å². The van der Waals surface area contributed by atoms with Gasteiger partial charge in [-0.15, -0.1) is 0 Å². The van der Waals surface area contributed by atoms with E-state index in [1.54, 1.807) is 0 Å². The highest BCUT2D eigenvalue weighted by molar-refractivity contribution is 5.92. The molecular formula is C11H16FN3O. The molecule has 0 saturated carbocycles. The summed E-state index contributed by atoms with van der Waals surface area (Å²) in [5.74, 6) is -0.432. The second kappa shape index (κ2) is 5.95. The minimum absolute atomic E-state index is 0.286. The van der Waals surface area contributed by atoms with Crippen molar-refractivity contribution in [1.82, 2.24) is 5.32 Å². The number of carbonyl (C=O) groups excluding carboxylic acids is 1. The molecule has 0 heterocycles. The van der Waals surface area contributed by atoms with Crippen molar-refractivity contribution < 1.29 is 9.18 Å². The Morgan fingerprint density at radius 1 is 1.50 bits per heavy atom. The monoisotopic (exact) mass is 225 g/mol. The third-order valence-corrected chi connectivity index (χ3v) is 2.08. The summed E-state index contributed by atoms with van der Waals surface area (Å²) in [5.41, 5.74) is 6.21. The quantitative estimate of drug-likeness (QED) is 0.543. The average molecular weight is 225 g/mol. The number of amides is 2. The first-order valence-electron chi connectivity index (χ1n) is 5.23. The summed E-state index contributed by atoms with van der Waals surface area (Å²) in [6.45, 7) is 2.63. The Morgan fingerprint density at radius 3 is 2.94 bits per heavy atom. The molecule has 0 aliphatic rings. The number of urea groups is 1. The van der Waals surface area contributed by atoms with Crippen LogP contribution in [0.25, 0.3) is 0 Å². The Bertz CT molecular complexity index is 368. The molecule has 1 aromatic carbocycles. The van der Waals surface area contributed by atoms with Crippen LogP contribution in [-0.2, 0) is 0 Å². The van der Waals surface area contributed by atoms with E-state index in [0.29, 0.717) is 12.2 Å². The number of halogens is 1. The van der Waals surface area contributed by atoms with Crippen LogP contribution < -0.4 is 16.4 Å². The fourth-order valence-electron chi connectivity index (χ4n) is 1.18. The van der Waals surface area contributed by atoms with Gasteiger partial charge in [0.15, 0.2) is 0 Å². The van der Waals surface area contributed by atoms with Crippen molar-refractivity contribution >= 4 is 17.4 Å². The molecule has 0 aliphatic carbocycles. The maximum atomic E-state index is 12.9. The van der Waals surface area contributed by atoms with Gasteiger partial charge in [-0.25, -0.2) is 9.18 Å². The van der Waals surface area contributed by atoms with Gasteiger partial charge in [-0.1, -0.05) is 13.3 Å². The van der Waals surface area contributed by atoms with E-state index in [4.69, 9.17) is 5.73 Å². The smallest absolute Gasteiger partial charge is 0.319 e. The van der Waals surface area contributed by atoms with Crippen LogP contribution in [0.4, 0.5) is 20.6 Å². The molecule has 0 bridgehead atoms. The van der Waals surface area contributed by atoms with Gasteiger partial charge >= 0.3 is 6.03 Å². The fraction of sp³-hybridized carbons (Fsp3) is 0.364. The van der Waals surface area contributed by atoms with Crippen molar-refractivity contribution in [2.75, 3.05) is 17.6 Å². The Morgan fingerprint density at radius 2 is 2.25 bits per heavy atom. The fourth-order valence-corrected chi connectivity index (χ4v) is 1.18. The highest BCUT2D eigenvalue weighted by atomic mass is 19.1. The van der Waals surface area contributed by atoms with Gasteiger partial charge in [0.25, 0.3) is 0 Å². The van der Waals surface area contributed by atoms with Gasteiger partial charge in [0.2, 0.25) is 0 Å². The number of nitrogen functional groups attached to an aromatic ring is 1. The molecule has 5 heteroatoms. The molecule has 0 aromatic heterocycles. The van der Waals surface area contributed by atoms with Crippen molar-refractivity contribution in [3.05, 3.63) is 24.0 Å². The number of unbranched alkanes of at least 4 members (excludes halogenated alkanes) is 1. The summed E-state index contributed by atoms with van der Waals surface area (Å²) in [6.07, 6.45) is 1.91. The zero-order valence-electron chi connectivity index (χ0n) is 9.22. The molecule has 4 N–H and O–H groups in total. The Balaban J connectivity index is 2.52. The first-order chi connectivity index (χ1) is 7.63. The molecule has 0 atom stereocenters. The van der Waals surface area contributed by atoms with Crippen LogP contribution in [0.2, 0.25) is 0 Å². The van der Waals surface area contributed by atoms with Crippen LogP contribution in [0.15, 0.2) is 18.2 Å². The van der Waals surface area contributed by atoms with E-state index in [0.717, 1.165) is 12.8 Å². The highest BCUT2D eigenvalue weighted by Gasteiger charge is 2.05. The van der Waals surface area contributed by atoms with Crippen LogP contribution >= 0.6 is 0 Å². The first kappa shape index (κ1) is 12.3. The number of hydrogen-bond acceptors (Lipinski definition) is 2. The number of benzene rings is 1. The number of rotatable bonds is 4. The number of nitrogens with one attached hydrogen (secondary N) is 2. The minimum Gasteiger partial charge on any atom is -0.397 e. The second-order valence-corrected chi connectivity index (χ2v) is 3.47. The van der Waals surface area contributed by atoms with Gasteiger partial charge < -0.3 is 16.4 Å². The van der Waals surface area contributed by atoms with Gasteiger partial charge in [0.05, 0.1) is 11.4 Å². The molecule has 2 amide bonds. The normalized spacial score (nSPS) is 9.88. The Labute approximate surface area is 94.0 Å². The average Bonchev–Trinajstić information content (AvgIpc) is 2.24. The molecule has 0 fully saturated rings. The first-order valence-corrected chi connectivity index (χ1v) is 5.23. The third-order valence-electron chi connectivity index (χ3n) is 2.08. The lowest BCUT2D eigenvalue weighted by Gasteiger charge is -2.09. The lowest BCUT2D eigenvalue weighted by Crippen LogP contribution is -2.29. The topological polar surface area (TPSA) is 67.2 Å². The van der Waals surface area contributed by atoms with Crippen LogP contribution in [-0.4, -0.2) is 12.6 Å². The second-order valence-electron chi connectivity index (χ2n) is 3.47. The summed E-state index contributed by atoms with van der Waals surface area (Å²) >= 11 is 0. The molecule has 0 radical (unpaired) electrons. The summed E-state index contributed by atoms with van der Waals surface area (Å²) in [7, 11) is 0. The maximum absolute atomic E-state index is 12.9. The van der Waals surface area contributed by atoms with Gasteiger partial charge in [-0.3, -0.25) is 0 Å². The standard InChI is InChI=1S/C11H16FN3O/c1-2-3-6-14-11(16)15-10-7-8(12)4-5-9(10)13/h4-5,7H,2-3,6,13H2,1H3,(H2,14,15,16). The van der Waals surface area contributed by atoms with Crippen molar-refractivity contribution in [1.29, 1.82) is 0 Å². The molecule has 0 unspecified atom stereocenters. The largest absolute Gasteiger partial charge is 0.397 e. The summed E-state index contributed by atoms with van der Waals surface area (Å²) in [6, 6.07) is 3.48. The molecule has 0 saturated heterocycles. The van der Waals surface area contributed by atoms with E-state index in [-0.39, 0.29) is 11.7 Å². The Kier molecular flexibility index (Phi) is 4.57. The van der Waals surface area contributed by atoms with Crippen LogP contribution in [0.5, 0.6) is 0 Å². The van der Waals surface area contributed by atoms with E-state index in [1.807, 2.05) is 6.92 Å². The lowest BCUT2D eigenvalue weighted by molar-refractivity contribution is 0.252. The number of hydrogen-bond donors (Lipinski definition) is 3. The predicted octanol–water partition coefficient (Wildman–Crippen LogP) is 2.33. The molecular weight excluding hydrogens is 209 g/mol. The molecule has 88 valence electrons. The highest BCUT2D eigenvalue weighted by Crippen LogP contribution is 2.18. The SMILES string of the molecule is CCCCNC(=O)Nc1cc(F)ccc1N. The van der Waals surface area contributed by atoms with E-state index < -0.39 is 5.82 Å². The van der Waals surface area contributed by atoms with E-state index in [9.17, 15) is 9.18 Å². The number of anilines is 2. The zero-order valence-corrected chi connectivity index (χ0v) is 9.22. The van der Waals surface area contributed by atoms with E-state index >= 15 is 0 Å². The molecule has 16 heavy (non-hydrogen) atoms. The van der Waals surface area contributed by atoms with Crippen molar-refractivity contribution in [3.8, 4) is 0 Å². The van der Waals surface area contributed by atoms with Gasteiger partial charge in [0.1, 0.15) is 5.82 Å². The number of carbonyl (C=O) groups is 1. The number of nitrogens with two attached hydrogens (primary N) is 1. The summed E-state index contributed by atoms with van der Waals surface area (Å²) in [4.78, 5) is 11.4. The molecule has 4 nitrogen and oxygen atoms in total. The molecule has 0 spiro atoms. The summed E-state index contributed by atoms with van der Waals surface area (Å²) in [5, 5.41) is 5.15. The van der Waals surface area contributed by atoms with Crippen molar-refractivity contribution in [2.45, 2.75) is 19.8 Å². The van der Waals surface area contributed by atoms with Gasteiger partial charge in [-0.2, -0.15) is 0 Å². The molecule has 1 rings (SSSR count). The Hall–Kier alpha value is -1.78. The predicted molar refractivity (Wildman–Crippen MR) is 62.7 cm³/mol. The zero-order chi connectivity index (χ0) is 12.0. The van der Waals surface area contributed by atoms with Crippen LogP contribution in [0, 0.1) is 5.82 Å². The van der Waals surface area contributed by atoms with Gasteiger partial charge in [-0.05, 0) is 24.6 Å². The van der Waals surface area contributed by atoms with E-state index in [2.05, 4.69) is 10.6 Å². The maximum Gasteiger partial charge on any atom is 0.319 e. The van der Waals surface area contributed by atoms with E-state index in [1.165, 1.54) is 18.2 Å². The van der Waals surface area contributed by atoms with Crippen LogP contribution in [0.1, 0.15) is 19.8 Å². The van der Waals surface area contributed by atoms with Crippen molar-refractivity contribution in [2.24, 2.45) is 0 Å². The third kappa shape index (κ3) is 3.76. The minimum atomic E-state index is -0.432. The summed E-state index contributed by atoms with van der Waals surface area (Å²) < 4.78 is 12.9.